The van der Waals surface area contributed by atoms with Crippen LogP contribution in [0.15, 0.2) is 46.0 Å². The first-order chi connectivity index (χ1) is 11.0. The Kier molecular flexibility index (Phi) is 4.41. The summed E-state index contributed by atoms with van der Waals surface area (Å²) in [5.74, 6) is 0.466. The van der Waals surface area contributed by atoms with Crippen molar-refractivity contribution in [1.29, 1.82) is 0 Å². The molecule has 0 bridgehead atoms. The van der Waals surface area contributed by atoms with Gasteiger partial charge in [0.1, 0.15) is 4.21 Å². The number of hydrogen-bond donors (Lipinski definition) is 2. The van der Waals surface area contributed by atoms with Gasteiger partial charge in [-0.3, -0.25) is 9.52 Å². The van der Waals surface area contributed by atoms with Crippen LogP contribution in [0.4, 0.5) is 5.69 Å². The Bertz CT molecular complexity index is 779. The van der Waals surface area contributed by atoms with E-state index in [-0.39, 0.29) is 16.2 Å². The molecule has 1 amide bonds. The zero-order valence-electron chi connectivity index (χ0n) is 12.7. The number of carbonyl (C=O) groups excluding carboxylic acids is 1. The Labute approximate surface area is 139 Å². The summed E-state index contributed by atoms with van der Waals surface area (Å²) in [6.45, 7) is 2.01. The van der Waals surface area contributed by atoms with E-state index in [1.54, 1.807) is 41.8 Å². The van der Waals surface area contributed by atoms with Crippen molar-refractivity contribution in [2.45, 2.75) is 30.0 Å². The summed E-state index contributed by atoms with van der Waals surface area (Å²) in [6, 6.07) is 9.87. The normalized spacial score (nSPS) is 15.9. The predicted molar refractivity (Wildman–Crippen MR) is 91.2 cm³/mol. The lowest BCUT2D eigenvalue weighted by atomic mass is 10.1. The van der Waals surface area contributed by atoms with Gasteiger partial charge in [-0.25, -0.2) is 8.42 Å². The van der Waals surface area contributed by atoms with Crippen LogP contribution in [0.5, 0.6) is 0 Å². The van der Waals surface area contributed by atoms with E-state index in [2.05, 4.69) is 10.0 Å². The Balaban J connectivity index is 1.66. The van der Waals surface area contributed by atoms with Gasteiger partial charge in [0.05, 0.1) is 0 Å². The first-order valence-electron chi connectivity index (χ1n) is 7.43. The van der Waals surface area contributed by atoms with Crippen LogP contribution in [0.2, 0.25) is 0 Å². The molecule has 2 aromatic rings. The minimum Gasteiger partial charge on any atom is -0.349 e. The molecule has 1 aromatic carbocycles. The molecule has 23 heavy (non-hydrogen) atoms. The fourth-order valence-electron chi connectivity index (χ4n) is 2.32. The molecule has 0 unspecified atom stereocenters. The molecule has 1 atom stereocenters. The van der Waals surface area contributed by atoms with Crippen LogP contribution in [0.25, 0.3) is 0 Å². The van der Waals surface area contributed by atoms with Crippen molar-refractivity contribution in [3.8, 4) is 0 Å². The highest BCUT2D eigenvalue weighted by Gasteiger charge is 2.29. The van der Waals surface area contributed by atoms with Crippen molar-refractivity contribution in [1.82, 2.24) is 5.32 Å². The van der Waals surface area contributed by atoms with Crippen LogP contribution in [0.1, 0.15) is 30.1 Å². The van der Waals surface area contributed by atoms with Crippen LogP contribution in [-0.4, -0.2) is 20.4 Å². The maximum absolute atomic E-state index is 12.1. The molecule has 0 aliphatic heterocycles. The zero-order valence-corrected chi connectivity index (χ0v) is 14.3. The van der Waals surface area contributed by atoms with Gasteiger partial charge in [-0.05, 0) is 61.4 Å². The number of hydrogen-bond acceptors (Lipinski definition) is 4. The fourth-order valence-corrected chi connectivity index (χ4v) is 4.37. The van der Waals surface area contributed by atoms with Crippen molar-refractivity contribution in [2.75, 3.05) is 4.72 Å². The highest BCUT2D eigenvalue weighted by atomic mass is 32.2. The van der Waals surface area contributed by atoms with Crippen molar-refractivity contribution < 1.29 is 13.2 Å². The molecular formula is C16H18N2O3S2. The highest BCUT2D eigenvalue weighted by Crippen LogP contribution is 2.32. The van der Waals surface area contributed by atoms with Crippen LogP contribution >= 0.6 is 11.3 Å². The number of anilines is 1. The monoisotopic (exact) mass is 350 g/mol. The van der Waals surface area contributed by atoms with Crippen LogP contribution in [0.3, 0.4) is 0 Å². The van der Waals surface area contributed by atoms with E-state index < -0.39 is 10.0 Å². The molecule has 1 aliphatic carbocycles. The van der Waals surface area contributed by atoms with Gasteiger partial charge in [0.2, 0.25) is 0 Å². The van der Waals surface area contributed by atoms with Gasteiger partial charge in [0.25, 0.3) is 15.9 Å². The lowest BCUT2D eigenvalue weighted by Gasteiger charge is -2.13. The van der Waals surface area contributed by atoms with Gasteiger partial charge in [0, 0.05) is 17.3 Å². The van der Waals surface area contributed by atoms with Crippen LogP contribution in [0, 0.1) is 5.92 Å². The molecule has 1 heterocycles. The molecule has 1 aliphatic rings. The minimum absolute atomic E-state index is 0.128. The van der Waals surface area contributed by atoms with E-state index in [9.17, 15) is 13.2 Å². The molecule has 0 radical (unpaired) electrons. The standard InChI is InChI=1S/C16H18N2O3S2/c1-11(12-4-5-12)17-16(19)13-6-8-14(9-7-13)18-23(20,21)15-3-2-10-22-15/h2-3,6-12,18H,4-5H2,1H3,(H,17,19)/t11-/m0/s1. The SMILES string of the molecule is C[C@H](NC(=O)c1ccc(NS(=O)(=O)c2cccs2)cc1)C1CC1. The summed E-state index contributed by atoms with van der Waals surface area (Å²) < 4.78 is 27.0. The van der Waals surface area contributed by atoms with Crippen LogP contribution < -0.4 is 10.0 Å². The molecular weight excluding hydrogens is 332 g/mol. The first kappa shape index (κ1) is 16.0. The number of nitrogens with one attached hydrogen (secondary N) is 2. The summed E-state index contributed by atoms with van der Waals surface area (Å²) >= 11 is 1.16. The smallest absolute Gasteiger partial charge is 0.271 e. The number of thiophene rings is 1. The molecule has 3 rings (SSSR count). The minimum atomic E-state index is -3.56. The third-order valence-corrected chi connectivity index (χ3v) is 6.63. The summed E-state index contributed by atoms with van der Waals surface area (Å²) in [4.78, 5) is 12.1. The summed E-state index contributed by atoms with van der Waals surface area (Å²) in [5.41, 5.74) is 0.960. The topological polar surface area (TPSA) is 75.3 Å². The maximum atomic E-state index is 12.1. The first-order valence-corrected chi connectivity index (χ1v) is 9.79. The average molecular weight is 350 g/mol. The predicted octanol–water partition coefficient (Wildman–Crippen LogP) is 3.08. The summed E-state index contributed by atoms with van der Waals surface area (Å²) in [5, 5.41) is 4.68. The number of benzene rings is 1. The van der Waals surface area contributed by atoms with E-state index in [0.717, 1.165) is 11.3 Å². The molecule has 2 N–H and O–H groups in total. The van der Waals surface area contributed by atoms with Gasteiger partial charge < -0.3 is 5.32 Å². The maximum Gasteiger partial charge on any atom is 0.271 e. The lowest BCUT2D eigenvalue weighted by Crippen LogP contribution is -2.33. The second-order valence-electron chi connectivity index (χ2n) is 5.71. The molecule has 0 saturated heterocycles. The number of carbonyl (C=O) groups is 1. The summed E-state index contributed by atoms with van der Waals surface area (Å²) in [7, 11) is -3.56. The van der Waals surface area contributed by atoms with Gasteiger partial charge in [0.15, 0.2) is 0 Å². The van der Waals surface area contributed by atoms with Gasteiger partial charge in [-0.2, -0.15) is 0 Å². The van der Waals surface area contributed by atoms with E-state index in [4.69, 9.17) is 0 Å². The second kappa shape index (κ2) is 6.33. The Morgan fingerprint density at radius 2 is 1.91 bits per heavy atom. The van der Waals surface area contributed by atoms with Crippen molar-refractivity contribution in [2.24, 2.45) is 5.92 Å². The molecule has 122 valence electrons. The third kappa shape index (κ3) is 3.92. The van der Waals surface area contributed by atoms with Crippen molar-refractivity contribution in [3.05, 3.63) is 47.3 Å². The number of sulfonamides is 1. The summed E-state index contributed by atoms with van der Waals surface area (Å²) in [6.07, 6.45) is 2.34. The molecule has 5 nitrogen and oxygen atoms in total. The molecule has 1 saturated carbocycles. The van der Waals surface area contributed by atoms with E-state index in [0.29, 0.717) is 17.2 Å². The molecule has 1 fully saturated rings. The number of amides is 1. The Morgan fingerprint density at radius 3 is 2.48 bits per heavy atom. The molecule has 0 spiro atoms. The van der Waals surface area contributed by atoms with Gasteiger partial charge in [-0.15, -0.1) is 11.3 Å². The Hall–Kier alpha value is -1.86. The third-order valence-electron chi connectivity index (χ3n) is 3.85. The van der Waals surface area contributed by atoms with Gasteiger partial charge >= 0.3 is 0 Å². The Morgan fingerprint density at radius 1 is 1.22 bits per heavy atom. The second-order valence-corrected chi connectivity index (χ2v) is 8.57. The van der Waals surface area contributed by atoms with Crippen molar-refractivity contribution in [3.63, 3.8) is 0 Å². The van der Waals surface area contributed by atoms with E-state index >= 15 is 0 Å². The number of rotatable bonds is 6. The van der Waals surface area contributed by atoms with Gasteiger partial charge in [-0.1, -0.05) is 6.07 Å². The molecule has 7 heteroatoms. The largest absolute Gasteiger partial charge is 0.349 e. The van der Waals surface area contributed by atoms with E-state index in [1.807, 2.05) is 6.92 Å². The highest BCUT2D eigenvalue weighted by molar-refractivity contribution is 7.94. The molecule has 1 aromatic heterocycles. The average Bonchev–Trinajstić information content (AvgIpc) is 3.21. The van der Waals surface area contributed by atoms with Crippen molar-refractivity contribution >= 4 is 33.0 Å². The lowest BCUT2D eigenvalue weighted by molar-refractivity contribution is 0.0936. The quantitative estimate of drug-likeness (QED) is 0.841. The fraction of sp³-hybridized carbons (Fsp3) is 0.312. The zero-order chi connectivity index (χ0) is 16.4. The van der Waals surface area contributed by atoms with E-state index in [1.165, 1.54) is 12.8 Å². The van der Waals surface area contributed by atoms with Crippen LogP contribution in [-0.2, 0) is 10.0 Å².